The highest BCUT2D eigenvalue weighted by Crippen LogP contribution is 2.17. The molecule has 8 heteroatoms. The van der Waals surface area contributed by atoms with E-state index in [9.17, 15) is 17.6 Å². The summed E-state index contributed by atoms with van der Waals surface area (Å²) < 4.78 is 42.2. The Hall–Kier alpha value is -2.19. The number of carbonyl (C=O) groups excluding carboxylic acids is 1. The molecule has 0 radical (unpaired) electrons. The van der Waals surface area contributed by atoms with Gasteiger partial charge >= 0.3 is 0 Å². The van der Waals surface area contributed by atoms with Crippen molar-refractivity contribution in [2.24, 2.45) is 0 Å². The Bertz CT molecular complexity index is 845. The van der Waals surface area contributed by atoms with E-state index in [4.69, 9.17) is 0 Å². The van der Waals surface area contributed by atoms with Crippen LogP contribution in [-0.2, 0) is 23.1 Å². The fourth-order valence-electron chi connectivity index (χ4n) is 2.45. The Balaban J connectivity index is 1.82. The number of amides is 1. The van der Waals surface area contributed by atoms with Crippen LogP contribution in [-0.4, -0.2) is 25.4 Å². The van der Waals surface area contributed by atoms with Gasteiger partial charge in [-0.15, -0.1) is 0 Å². The summed E-state index contributed by atoms with van der Waals surface area (Å²) >= 11 is 0. The summed E-state index contributed by atoms with van der Waals surface area (Å²) in [5, 5.41) is 2.71. The van der Waals surface area contributed by atoms with Crippen LogP contribution in [0.1, 0.15) is 22.5 Å². The van der Waals surface area contributed by atoms with Crippen LogP contribution in [0.5, 0.6) is 0 Å². The van der Waals surface area contributed by atoms with E-state index >= 15 is 0 Å². The van der Waals surface area contributed by atoms with Crippen LogP contribution in [0.3, 0.4) is 0 Å². The molecule has 6 nitrogen and oxygen atoms in total. The van der Waals surface area contributed by atoms with Gasteiger partial charge in [0.15, 0.2) is 0 Å². The topological polar surface area (TPSA) is 80.2 Å². The minimum Gasteiger partial charge on any atom is -0.351 e. The molecule has 1 aromatic carbocycles. The van der Waals surface area contributed by atoms with Gasteiger partial charge in [-0.25, -0.2) is 17.5 Å². The van der Waals surface area contributed by atoms with E-state index in [1.165, 1.54) is 30.5 Å². The molecule has 0 unspecified atom stereocenters. The first kappa shape index (κ1) is 15.7. The van der Waals surface area contributed by atoms with Crippen molar-refractivity contribution >= 4 is 15.9 Å². The standard InChI is InChI=1S/C15H16FN3O3S/c16-13-5-2-1-4-11(13)9-18-23(21,22)12-8-14-15(20)17-6-3-7-19(14)10-12/h1-2,4-5,8,10,18H,3,6-7,9H2,(H,17,20). The predicted molar refractivity (Wildman–Crippen MR) is 81.8 cm³/mol. The second kappa shape index (κ2) is 6.13. The molecule has 0 aliphatic carbocycles. The van der Waals surface area contributed by atoms with Gasteiger partial charge in [-0.2, -0.15) is 0 Å². The number of nitrogens with zero attached hydrogens (tertiary/aromatic N) is 1. The lowest BCUT2D eigenvalue weighted by Crippen LogP contribution is -2.24. The quantitative estimate of drug-likeness (QED) is 0.881. The number of carbonyl (C=O) groups is 1. The van der Waals surface area contributed by atoms with Crippen LogP contribution in [0.25, 0.3) is 0 Å². The maximum absolute atomic E-state index is 13.6. The first-order valence-electron chi connectivity index (χ1n) is 7.19. The monoisotopic (exact) mass is 337 g/mol. The summed E-state index contributed by atoms with van der Waals surface area (Å²) in [6.07, 6.45) is 2.17. The van der Waals surface area contributed by atoms with E-state index in [1.807, 2.05) is 0 Å². The molecule has 0 atom stereocenters. The summed E-state index contributed by atoms with van der Waals surface area (Å²) in [7, 11) is -3.82. The van der Waals surface area contributed by atoms with Gasteiger partial charge in [0.05, 0.1) is 0 Å². The Morgan fingerprint density at radius 3 is 2.87 bits per heavy atom. The van der Waals surface area contributed by atoms with E-state index in [1.54, 1.807) is 10.6 Å². The molecule has 1 aliphatic rings. The van der Waals surface area contributed by atoms with Crippen molar-refractivity contribution < 1.29 is 17.6 Å². The minimum atomic E-state index is -3.82. The SMILES string of the molecule is O=C1NCCCn2cc(S(=O)(=O)NCc3ccccc3F)cc21. The number of aryl methyl sites for hydroxylation is 1. The second-order valence-corrected chi connectivity index (χ2v) is 7.05. The van der Waals surface area contributed by atoms with Crippen molar-refractivity contribution in [2.45, 2.75) is 24.4 Å². The van der Waals surface area contributed by atoms with Crippen LogP contribution in [0.4, 0.5) is 4.39 Å². The van der Waals surface area contributed by atoms with Gasteiger partial charge in [-0.05, 0) is 18.6 Å². The molecule has 2 heterocycles. The van der Waals surface area contributed by atoms with Crippen LogP contribution in [0.15, 0.2) is 41.4 Å². The molecule has 2 aromatic rings. The Kier molecular flexibility index (Phi) is 4.18. The van der Waals surface area contributed by atoms with Gasteiger partial charge in [0, 0.05) is 31.4 Å². The zero-order chi connectivity index (χ0) is 16.4. The van der Waals surface area contributed by atoms with Crippen LogP contribution >= 0.6 is 0 Å². The number of aromatic nitrogens is 1. The zero-order valence-corrected chi connectivity index (χ0v) is 13.1. The van der Waals surface area contributed by atoms with Crippen molar-refractivity contribution in [3.8, 4) is 0 Å². The highest BCUT2D eigenvalue weighted by Gasteiger charge is 2.23. The maximum Gasteiger partial charge on any atom is 0.267 e. The number of halogens is 1. The average Bonchev–Trinajstić information content (AvgIpc) is 2.89. The lowest BCUT2D eigenvalue weighted by Gasteiger charge is -2.06. The van der Waals surface area contributed by atoms with E-state index in [0.29, 0.717) is 18.8 Å². The highest BCUT2D eigenvalue weighted by atomic mass is 32.2. The lowest BCUT2D eigenvalue weighted by molar-refractivity contribution is 0.0951. The van der Waals surface area contributed by atoms with Crippen LogP contribution < -0.4 is 10.0 Å². The number of fused-ring (bicyclic) bond motifs is 1. The number of nitrogens with one attached hydrogen (secondary N) is 2. The summed E-state index contributed by atoms with van der Waals surface area (Å²) in [5.41, 5.74) is 0.573. The van der Waals surface area contributed by atoms with Crippen molar-refractivity contribution in [2.75, 3.05) is 6.54 Å². The molecule has 1 amide bonds. The van der Waals surface area contributed by atoms with Gasteiger partial charge in [0.2, 0.25) is 10.0 Å². The molecular formula is C15H16FN3O3S. The summed E-state index contributed by atoms with van der Waals surface area (Å²) in [4.78, 5) is 11.9. The maximum atomic E-state index is 13.6. The first-order valence-corrected chi connectivity index (χ1v) is 8.67. The van der Waals surface area contributed by atoms with Crippen molar-refractivity contribution in [3.05, 3.63) is 53.6 Å². The number of benzene rings is 1. The minimum absolute atomic E-state index is 0.000823. The third kappa shape index (κ3) is 3.27. The third-order valence-electron chi connectivity index (χ3n) is 3.69. The van der Waals surface area contributed by atoms with Crippen molar-refractivity contribution in [3.63, 3.8) is 0 Å². The highest BCUT2D eigenvalue weighted by molar-refractivity contribution is 7.89. The Morgan fingerprint density at radius 1 is 1.30 bits per heavy atom. The fourth-order valence-corrected chi connectivity index (χ4v) is 3.49. The lowest BCUT2D eigenvalue weighted by atomic mass is 10.2. The molecular weight excluding hydrogens is 321 g/mol. The molecule has 122 valence electrons. The molecule has 3 rings (SSSR count). The van der Waals surface area contributed by atoms with Gasteiger partial charge in [-0.3, -0.25) is 4.79 Å². The smallest absolute Gasteiger partial charge is 0.267 e. The predicted octanol–water partition coefficient (Wildman–Crippen LogP) is 1.24. The average molecular weight is 337 g/mol. The molecule has 0 saturated carbocycles. The molecule has 0 fully saturated rings. The number of hydrogen-bond acceptors (Lipinski definition) is 3. The van der Waals surface area contributed by atoms with E-state index in [2.05, 4.69) is 10.0 Å². The van der Waals surface area contributed by atoms with E-state index < -0.39 is 15.8 Å². The number of sulfonamides is 1. The largest absolute Gasteiger partial charge is 0.351 e. The molecule has 1 aliphatic heterocycles. The molecule has 1 aromatic heterocycles. The molecule has 2 N–H and O–H groups in total. The van der Waals surface area contributed by atoms with Gasteiger partial charge in [-0.1, -0.05) is 18.2 Å². The summed E-state index contributed by atoms with van der Waals surface area (Å²) in [6, 6.07) is 7.30. The third-order valence-corrected chi connectivity index (χ3v) is 5.05. The van der Waals surface area contributed by atoms with Gasteiger partial charge < -0.3 is 9.88 Å². The number of hydrogen-bond donors (Lipinski definition) is 2. The van der Waals surface area contributed by atoms with E-state index in [0.717, 1.165) is 6.42 Å². The van der Waals surface area contributed by atoms with Crippen molar-refractivity contribution in [1.82, 2.24) is 14.6 Å². The zero-order valence-electron chi connectivity index (χ0n) is 12.3. The second-order valence-electron chi connectivity index (χ2n) is 5.28. The molecule has 0 bridgehead atoms. The van der Waals surface area contributed by atoms with Crippen LogP contribution in [0.2, 0.25) is 0 Å². The summed E-state index contributed by atoms with van der Waals surface area (Å²) in [6.45, 7) is 0.979. The Morgan fingerprint density at radius 2 is 2.09 bits per heavy atom. The number of rotatable bonds is 4. The van der Waals surface area contributed by atoms with Gasteiger partial charge in [0.25, 0.3) is 5.91 Å². The van der Waals surface area contributed by atoms with E-state index in [-0.39, 0.29) is 22.9 Å². The van der Waals surface area contributed by atoms with Crippen molar-refractivity contribution in [1.29, 1.82) is 0 Å². The first-order chi connectivity index (χ1) is 11.0. The molecule has 0 spiro atoms. The summed E-state index contributed by atoms with van der Waals surface area (Å²) in [5.74, 6) is -0.764. The normalized spacial score (nSPS) is 14.9. The molecule has 23 heavy (non-hydrogen) atoms. The molecule has 0 saturated heterocycles. The van der Waals surface area contributed by atoms with Crippen LogP contribution in [0, 0.1) is 5.82 Å². The fraction of sp³-hybridized carbons (Fsp3) is 0.267. The Labute approximate surface area is 133 Å². The van der Waals surface area contributed by atoms with Gasteiger partial charge in [0.1, 0.15) is 16.4 Å².